The third-order valence-electron chi connectivity index (χ3n) is 5.03. The van der Waals surface area contributed by atoms with Gasteiger partial charge >= 0.3 is 12.2 Å². The minimum Gasteiger partial charge on any atom is -0.443 e. The molecule has 0 unspecified atom stereocenters. The van der Waals surface area contributed by atoms with Crippen LogP contribution in [-0.4, -0.2) is 55.0 Å². The van der Waals surface area contributed by atoms with Gasteiger partial charge in [0.25, 0.3) is 11.8 Å². The minimum atomic E-state index is -0.956. The molecule has 10 nitrogen and oxygen atoms in total. The third-order valence-corrected chi connectivity index (χ3v) is 5.03. The molecule has 2 aromatic heterocycles. The van der Waals surface area contributed by atoms with Crippen molar-refractivity contribution in [3.8, 4) is 0 Å². The van der Waals surface area contributed by atoms with Gasteiger partial charge in [-0.3, -0.25) is 19.6 Å². The average molecular weight is 491 g/mol. The van der Waals surface area contributed by atoms with Crippen molar-refractivity contribution < 1.29 is 28.7 Å². The zero-order chi connectivity index (χ0) is 26.4. The second-order valence-electron chi connectivity index (χ2n) is 10.2. The van der Waals surface area contributed by atoms with Gasteiger partial charge in [-0.25, -0.2) is 19.4 Å². The number of fused-ring (bicyclic) bond motifs is 1. The van der Waals surface area contributed by atoms with Crippen LogP contribution in [0.4, 0.5) is 9.59 Å². The fraction of sp³-hybridized carbons (Fsp3) is 0.308. The lowest BCUT2D eigenvalue weighted by Crippen LogP contribution is -2.40. The van der Waals surface area contributed by atoms with Crippen molar-refractivity contribution in [2.75, 3.05) is 0 Å². The molecule has 0 aromatic carbocycles. The van der Waals surface area contributed by atoms with Gasteiger partial charge in [0.1, 0.15) is 11.2 Å². The number of nitrogens with zero attached hydrogens (tertiary/aromatic N) is 4. The van der Waals surface area contributed by atoms with Gasteiger partial charge in [0.15, 0.2) is 0 Å². The summed E-state index contributed by atoms with van der Waals surface area (Å²) in [6.07, 6.45) is 3.97. The lowest BCUT2D eigenvalue weighted by Gasteiger charge is -2.27. The summed E-state index contributed by atoms with van der Waals surface area (Å²) in [4.78, 5) is 63.9. The summed E-state index contributed by atoms with van der Waals surface area (Å²) in [7, 11) is 0. The van der Waals surface area contributed by atoms with Gasteiger partial charge in [-0.2, -0.15) is 0 Å². The number of ether oxygens (including phenoxy) is 2. The smallest absolute Gasteiger partial charge is 0.422 e. The first kappa shape index (κ1) is 24.8. The summed E-state index contributed by atoms with van der Waals surface area (Å²) in [6.45, 7) is 9.99. The van der Waals surface area contributed by atoms with Crippen molar-refractivity contribution in [1.82, 2.24) is 19.8 Å². The standard InChI is InChI=1S/C26H26N4O6/c1-25(2,3)35-23(33)29-19(15-9-7-11-27-13-15)17-18(21(29)31)20(16-10-8-12-28-14-16)30(22(17)32)24(34)36-26(4,5)6/h7-14H,1-6H3. The molecule has 0 spiro atoms. The van der Waals surface area contributed by atoms with Gasteiger partial charge in [-0.1, -0.05) is 0 Å². The molecule has 2 aliphatic rings. The van der Waals surface area contributed by atoms with E-state index in [-0.39, 0.29) is 22.5 Å². The molecule has 186 valence electrons. The molecule has 0 atom stereocenters. The number of hydrogen-bond acceptors (Lipinski definition) is 8. The Morgan fingerprint density at radius 2 is 1.06 bits per heavy atom. The summed E-state index contributed by atoms with van der Waals surface area (Å²) < 4.78 is 11.0. The zero-order valence-corrected chi connectivity index (χ0v) is 20.9. The van der Waals surface area contributed by atoms with Gasteiger partial charge in [0, 0.05) is 35.9 Å². The summed E-state index contributed by atoms with van der Waals surface area (Å²) in [6, 6.07) is 6.43. The topological polar surface area (TPSA) is 119 Å². The van der Waals surface area contributed by atoms with E-state index in [1.807, 2.05) is 0 Å². The highest BCUT2D eigenvalue weighted by molar-refractivity contribution is 6.35. The molecule has 0 radical (unpaired) electrons. The van der Waals surface area contributed by atoms with E-state index in [0.717, 1.165) is 9.80 Å². The van der Waals surface area contributed by atoms with Crippen molar-refractivity contribution in [2.24, 2.45) is 0 Å². The first-order valence-corrected chi connectivity index (χ1v) is 11.2. The zero-order valence-electron chi connectivity index (χ0n) is 20.9. The maximum absolute atomic E-state index is 13.8. The van der Waals surface area contributed by atoms with Crippen molar-refractivity contribution in [2.45, 2.75) is 52.7 Å². The number of hydrogen-bond donors (Lipinski definition) is 0. The van der Waals surface area contributed by atoms with E-state index in [2.05, 4.69) is 9.97 Å². The molecule has 0 saturated heterocycles. The van der Waals surface area contributed by atoms with Crippen LogP contribution in [0.2, 0.25) is 0 Å². The van der Waals surface area contributed by atoms with Crippen LogP contribution in [-0.2, 0) is 19.1 Å². The van der Waals surface area contributed by atoms with E-state index in [9.17, 15) is 19.2 Å². The minimum absolute atomic E-state index is 0.0187. The Balaban J connectivity index is 2.00. The molecular formula is C26H26N4O6. The molecule has 10 heteroatoms. The van der Waals surface area contributed by atoms with Gasteiger partial charge in [0.2, 0.25) is 0 Å². The highest BCUT2D eigenvalue weighted by Crippen LogP contribution is 2.47. The van der Waals surface area contributed by atoms with E-state index in [0.29, 0.717) is 11.1 Å². The maximum atomic E-state index is 13.8. The first-order chi connectivity index (χ1) is 16.8. The summed E-state index contributed by atoms with van der Waals surface area (Å²) in [5.74, 6) is -1.62. The average Bonchev–Trinajstić information content (AvgIpc) is 3.25. The lowest BCUT2D eigenvalue weighted by atomic mass is 10.0. The quantitative estimate of drug-likeness (QED) is 0.616. The Morgan fingerprint density at radius 3 is 1.33 bits per heavy atom. The Morgan fingerprint density at radius 1 is 0.694 bits per heavy atom. The van der Waals surface area contributed by atoms with E-state index in [4.69, 9.17) is 9.47 Å². The molecular weight excluding hydrogens is 464 g/mol. The molecule has 4 amide bonds. The van der Waals surface area contributed by atoms with Gasteiger partial charge < -0.3 is 9.47 Å². The Kier molecular flexibility index (Phi) is 5.99. The molecule has 4 heterocycles. The second-order valence-corrected chi connectivity index (χ2v) is 10.2. The number of carbonyl (C=O) groups is 4. The largest absolute Gasteiger partial charge is 0.443 e. The first-order valence-electron chi connectivity index (χ1n) is 11.2. The Labute approximate surface area is 208 Å². The Bertz CT molecular complexity index is 1210. The number of rotatable bonds is 2. The molecule has 0 aliphatic carbocycles. The van der Waals surface area contributed by atoms with Crippen LogP contribution >= 0.6 is 0 Å². The number of carbonyl (C=O) groups excluding carboxylic acids is 4. The monoisotopic (exact) mass is 490 g/mol. The van der Waals surface area contributed by atoms with Crippen LogP contribution in [0.15, 0.2) is 60.2 Å². The van der Waals surface area contributed by atoms with Crippen LogP contribution in [0.5, 0.6) is 0 Å². The van der Waals surface area contributed by atoms with Crippen LogP contribution in [0.1, 0.15) is 52.7 Å². The van der Waals surface area contributed by atoms with Gasteiger partial charge in [-0.15, -0.1) is 0 Å². The highest BCUT2D eigenvalue weighted by atomic mass is 16.6. The molecule has 0 saturated carbocycles. The van der Waals surface area contributed by atoms with Crippen molar-refractivity contribution in [3.05, 3.63) is 71.3 Å². The Hall–Kier alpha value is -4.34. The van der Waals surface area contributed by atoms with Gasteiger partial charge in [-0.05, 0) is 65.8 Å². The van der Waals surface area contributed by atoms with Crippen molar-refractivity contribution in [1.29, 1.82) is 0 Å². The SMILES string of the molecule is CC(C)(C)OC(=O)N1C(=O)C2=C(c3cccnc3)N(C(=O)OC(C)(C)C)C(=O)C2=C1c1cccnc1. The molecule has 0 fully saturated rings. The third kappa shape index (κ3) is 4.49. The number of imide groups is 2. The number of pyridine rings is 2. The molecule has 2 aromatic rings. The van der Waals surface area contributed by atoms with Gasteiger partial charge in [0.05, 0.1) is 22.5 Å². The van der Waals surface area contributed by atoms with Crippen LogP contribution < -0.4 is 0 Å². The van der Waals surface area contributed by atoms with Crippen molar-refractivity contribution >= 4 is 35.4 Å². The molecule has 4 rings (SSSR count). The predicted octanol–water partition coefficient (Wildman–Crippen LogP) is 4.15. The summed E-state index contributed by atoms with van der Waals surface area (Å²) in [5, 5.41) is 0. The fourth-order valence-corrected chi connectivity index (χ4v) is 3.82. The number of aromatic nitrogens is 2. The fourth-order valence-electron chi connectivity index (χ4n) is 3.82. The van der Waals surface area contributed by atoms with E-state index >= 15 is 0 Å². The van der Waals surface area contributed by atoms with Crippen LogP contribution in [0.25, 0.3) is 11.4 Å². The summed E-state index contributed by atoms with van der Waals surface area (Å²) >= 11 is 0. The van der Waals surface area contributed by atoms with E-state index < -0.39 is 35.2 Å². The normalized spacial score (nSPS) is 16.1. The van der Waals surface area contributed by atoms with Crippen molar-refractivity contribution in [3.63, 3.8) is 0 Å². The predicted molar refractivity (Wildman–Crippen MR) is 128 cm³/mol. The van der Waals surface area contributed by atoms with Crippen LogP contribution in [0, 0.1) is 0 Å². The molecule has 0 N–H and O–H groups in total. The van der Waals surface area contributed by atoms with Crippen LogP contribution in [0.3, 0.4) is 0 Å². The number of amides is 4. The molecule has 2 aliphatic heterocycles. The second kappa shape index (κ2) is 8.71. The van der Waals surface area contributed by atoms with E-state index in [1.165, 1.54) is 24.8 Å². The molecule has 0 bridgehead atoms. The lowest BCUT2D eigenvalue weighted by molar-refractivity contribution is -0.123. The molecule has 36 heavy (non-hydrogen) atoms. The highest BCUT2D eigenvalue weighted by Gasteiger charge is 2.54. The van der Waals surface area contributed by atoms with E-state index in [1.54, 1.807) is 65.8 Å². The summed E-state index contributed by atoms with van der Waals surface area (Å²) in [5.41, 5.74) is -1.45. The maximum Gasteiger partial charge on any atom is 0.422 e.